The summed E-state index contributed by atoms with van der Waals surface area (Å²) < 4.78 is 2.38. The van der Waals surface area contributed by atoms with Crippen molar-refractivity contribution in [1.29, 1.82) is 0 Å². The molecule has 0 atom stereocenters. The minimum Gasteiger partial charge on any atom is -0.293 e. The number of fused-ring (bicyclic) bond motifs is 10. The smallest absolute Gasteiger partial charge is 0.132 e. The van der Waals surface area contributed by atoms with Gasteiger partial charge in [-0.3, -0.25) is 14.5 Å². The maximum Gasteiger partial charge on any atom is 0.132 e. The monoisotopic (exact) mass is 473 g/mol. The standard InChI is InChI=1S/C34H23N3/c1-3-13-24-22(11-1)27(29-16-7-9-19-35-29)21-28-23-12-2-4-14-25(23)34-33(32(24)28)26-15-5-6-17-30(26)37(34)31-18-8-10-20-36-31/h1-9,11-19,21H,10,20H2. The first-order valence-electron chi connectivity index (χ1n) is 12.8. The zero-order chi connectivity index (χ0) is 24.3. The topological polar surface area (TPSA) is 30.2 Å². The zero-order valence-corrected chi connectivity index (χ0v) is 20.2. The minimum atomic E-state index is 0.821. The lowest BCUT2D eigenvalue weighted by Gasteiger charge is -2.16. The van der Waals surface area contributed by atoms with Gasteiger partial charge < -0.3 is 0 Å². The van der Waals surface area contributed by atoms with Crippen LogP contribution in [-0.4, -0.2) is 21.9 Å². The van der Waals surface area contributed by atoms with Crippen molar-refractivity contribution in [3.63, 3.8) is 0 Å². The summed E-state index contributed by atoms with van der Waals surface area (Å²) in [5, 5.41) is 10.0. The Morgan fingerprint density at radius 3 is 2.14 bits per heavy atom. The molecule has 0 amide bonds. The molecule has 0 radical (unpaired) electrons. The average Bonchev–Trinajstić information content (AvgIpc) is 3.33. The van der Waals surface area contributed by atoms with E-state index in [1.54, 1.807) is 0 Å². The van der Waals surface area contributed by atoms with Crippen molar-refractivity contribution in [2.45, 2.75) is 6.42 Å². The van der Waals surface area contributed by atoms with Gasteiger partial charge in [-0.25, -0.2) is 0 Å². The van der Waals surface area contributed by atoms with Gasteiger partial charge in [-0.05, 0) is 58.3 Å². The van der Waals surface area contributed by atoms with Crippen LogP contribution in [0.3, 0.4) is 0 Å². The first-order chi connectivity index (χ1) is 18.4. The summed E-state index contributed by atoms with van der Waals surface area (Å²) in [6.45, 7) is 0.821. The van der Waals surface area contributed by atoms with Crippen LogP contribution in [0.1, 0.15) is 6.42 Å². The number of aliphatic imine (C=N–C) groups is 1. The molecule has 0 aliphatic carbocycles. The highest BCUT2D eigenvalue weighted by molar-refractivity contribution is 6.39. The largest absolute Gasteiger partial charge is 0.293 e. The van der Waals surface area contributed by atoms with Crippen molar-refractivity contribution in [3.05, 3.63) is 115 Å². The summed E-state index contributed by atoms with van der Waals surface area (Å²) in [4.78, 5) is 9.70. The molecule has 174 valence electrons. The molecule has 2 aromatic heterocycles. The van der Waals surface area contributed by atoms with Gasteiger partial charge in [0.15, 0.2) is 0 Å². The lowest BCUT2D eigenvalue weighted by molar-refractivity contribution is 0.976. The Balaban J connectivity index is 1.69. The first-order valence-corrected chi connectivity index (χ1v) is 12.8. The average molecular weight is 474 g/mol. The van der Waals surface area contributed by atoms with Crippen LogP contribution in [0, 0.1) is 0 Å². The number of hydrogen-bond acceptors (Lipinski definition) is 2. The van der Waals surface area contributed by atoms with E-state index in [9.17, 15) is 0 Å². The van der Waals surface area contributed by atoms with Crippen LogP contribution in [0.2, 0.25) is 0 Å². The SMILES string of the molecule is C1=CC(n2c3ccccc3c3c4c5ccccc5c(-c5ccccn5)cc4c4ccccc4c32)=NCC1. The quantitative estimate of drug-likeness (QED) is 0.220. The number of hydrogen-bond donors (Lipinski definition) is 0. The third-order valence-electron chi connectivity index (χ3n) is 7.65. The Morgan fingerprint density at radius 1 is 0.622 bits per heavy atom. The molecule has 0 fully saturated rings. The lowest BCUT2D eigenvalue weighted by Crippen LogP contribution is -2.12. The molecule has 0 bridgehead atoms. The van der Waals surface area contributed by atoms with Crippen LogP contribution in [-0.2, 0) is 0 Å². The van der Waals surface area contributed by atoms with E-state index >= 15 is 0 Å². The number of rotatable bonds is 1. The highest BCUT2D eigenvalue weighted by Crippen LogP contribution is 2.45. The van der Waals surface area contributed by atoms with Gasteiger partial charge in [0.2, 0.25) is 0 Å². The molecule has 0 unspecified atom stereocenters. The molecule has 3 nitrogen and oxygen atoms in total. The van der Waals surface area contributed by atoms with Crippen LogP contribution in [0.25, 0.3) is 65.4 Å². The normalized spacial score (nSPS) is 13.8. The molecule has 3 heteroatoms. The molecule has 3 heterocycles. The molecule has 1 aliphatic heterocycles. The van der Waals surface area contributed by atoms with Gasteiger partial charge in [-0.15, -0.1) is 0 Å². The summed E-state index contributed by atoms with van der Waals surface area (Å²) in [5.74, 6) is 1.01. The van der Waals surface area contributed by atoms with Crippen molar-refractivity contribution < 1.29 is 0 Å². The van der Waals surface area contributed by atoms with E-state index in [0.29, 0.717) is 0 Å². The summed E-state index contributed by atoms with van der Waals surface area (Å²) in [5.41, 5.74) is 4.58. The van der Waals surface area contributed by atoms with Crippen LogP contribution in [0.15, 0.2) is 120 Å². The van der Waals surface area contributed by atoms with E-state index in [0.717, 1.165) is 30.1 Å². The van der Waals surface area contributed by atoms with E-state index in [4.69, 9.17) is 9.98 Å². The van der Waals surface area contributed by atoms with Crippen LogP contribution >= 0.6 is 0 Å². The van der Waals surface area contributed by atoms with E-state index in [2.05, 4.69) is 108 Å². The number of dihydropyridines is 1. The molecule has 0 saturated heterocycles. The molecule has 0 spiro atoms. The summed E-state index contributed by atoms with van der Waals surface area (Å²) in [6.07, 6.45) is 7.28. The van der Waals surface area contributed by atoms with Crippen molar-refractivity contribution in [1.82, 2.24) is 9.55 Å². The lowest BCUT2D eigenvalue weighted by atomic mass is 9.89. The van der Waals surface area contributed by atoms with Crippen LogP contribution in [0.4, 0.5) is 0 Å². The Kier molecular flexibility index (Phi) is 4.35. The Hall–Kier alpha value is -4.76. The molecule has 8 rings (SSSR count). The van der Waals surface area contributed by atoms with Gasteiger partial charge in [0.25, 0.3) is 0 Å². The zero-order valence-electron chi connectivity index (χ0n) is 20.2. The number of allylic oxidation sites excluding steroid dienone is 1. The number of pyridine rings is 1. The van der Waals surface area contributed by atoms with Crippen molar-refractivity contribution in [2.75, 3.05) is 6.54 Å². The van der Waals surface area contributed by atoms with Crippen LogP contribution in [0.5, 0.6) is 0 Å². The van der Waals surface area contributed by atoms with Gasteiger partial charge in [0, 0.05) is 39.8 Å². The van der Waals surface area contributed by atoms with Crippen molar-refractivity contribution in [2.24, 2.45) is 4.99 Å². The van der Waals surface area contributed by atoms with E-state index in [1.807, 2.05) is 12.3 Å². The second-order valence-electron chi connectivity index (χ2n) is 9.66. The summed E-state index contributed by atoms with van der Waals surface area (Å²) in [7, 11) is 0. The fourth-order valence-electron chi connectivity index (χ4n) is 6.14. The summed E-state index contributed by atoms with van der Waals surface area (Å²) >= 11 is 0. The molecule has 5 aromatic carbocycles. The molecule has 0 N–H and O–H groups in total. The number of benzene rings is 5. The Labute approximate surface area is 214 Å². The molecule has 1 aliphatic rings. The molecule has 7 aromatic rings. The fraction of sp³-hybridized carbons (Fsp3) is 0.0588. The second-order valence-corrected chi connectivity index (χ2v) is 9.66. The van der Waals surface area contributed by atoms with Crippen molar-refractivity contribution in [3.8, 4) is 11.3 Å². The van der Waals surface area contributed by atoms with Crippen molar-refractivity contribution >= 4 is 60.0 Å². The predicted molar refractivity (Wildman–Crippen MR) is 157 cm³/mol. The molecular weight excluding hydrogens is 450 g/mol. The first kappa shape index (κ1) is 20.4. The third-order valence-corrected chi connectivity index (χ3v) is 7.65. The van der Waals surface area contributed by atoms with Gasteiger partial charge in [-0.1, -0.05) is 78.9 Å². The Morgan fingerprint density at radius 2 is 1.35 bits per heavy atom. The number of aromatic nitrogens is 2. The number of para-hydroxylation sites is 1. The van der Waals surface area contributed by atoms with Gasteiger partial charge >= 0.3 is 0 Å². The van der Waals surface area contributed by atoms with E-state index < -0.39 is 0 Å². The fourth-order valence-corrected chi connectivity index (χ4v) is 6.14. The molecule has 0 saturated carbocycles. The predicted octanol–water partition coefficient (Wildman–Crippen LogP) is 8.52. The number of nitrogens with zero attached hydrogens (tertiary/aromatic N) is 3. The second kappa shape index (κ2) is 7.87. The maximum atomic E-state index is 4.96. The maximum absolute atomic E-state index is 4.96. The Bertz CT molecular complexity index is 2080. The minimum absolute atomic E-state index is 0.821. The highest BCUT2D eigenvalue weighted by Gasteiger charge is 2.22. The summed E-state index contributed by atoms with van der Waals surface area (Å²) in [6, 6.07) is 34.9. The van der Waals surface area contributed by atoms with Crippen LogP contribution < -0.4 is 0 Å². The van der Waals surface area contributed by atoms with Gasteiger partial charge in [0.05, 0.1) is 16.7 Å². The van der Waals surface area contributed by atoms with E-state index in [1.165, 1.54) is 54.1 Å². The molecule has 37 heavy (non-hydrogen) atoms. The molecular formula is C34H23N3. The van der Waals surface area contributed by atoms with Gasteiger partial charge in [-0.2, -0.15) is 0 Å². The third kappa shape index (κ3) is 2.88. The van der Waals surface area contributed by atoms with Gasteiger partial charge in [0.1, 0.15) is 5.84 Å². The highest BCUT2D eigenvalue weighted by atomic mass is 15.1. The van der Waals surface area contributed by atoms with E-state index in [-0.39, 0.29) is 0 Å².